The lowest BCUT2D eigenvalue weighted by Gasteiger charge is -2.36. The van der Waals surface area contributed by atoms with Gasteiger partial charge in [-0.1, -0.05) is 6.08 Å². The van der Waals surface area contributed by atoms with Gasteiger partial charge in [-0.3, -0.25) is 4.90 Å². The molecule has 0 aromatic heterocycles. The van der Waals surface area contributed by atoms with Crippen LogP contribution < -0.4 is 0 Å². The number of hydrogen-bond donors (Lipinski definition) is 0. The topological polar surface area (TPSA) is 82.1 Å². The normalized spacial score (nSPS) is 29.3. The fraction of sp³-hybridized carbons (Fsp3) is 0.632. The lowest BCUT2D eigenvalue weighted by atomic mass is 10.00. The summed E-state index contributed by atoms with van der Waals surface area (Å²) in [6.07, 6.45) is 4.42. The molecule has 0 saturated carbocycles. The summed E-state index contributed by atoms with van der Waals surface area (Å²) in [5, 5.41) is 0. The monoisotopic (exact) mass is 365 g/mol. The molecule has 144 valence electrons. The van der Waals surface area contributed by atoms with Gasteiger partial charge in [0.25, 0.3) is 0 Å². The Balaban J connectivity index is 1.97. The molecule has 0 spiro atoms. The van der Waals surface area contributed by atoms with E-state index in [-0.39, 0.29) is 35.8 Å². The molecular formula is C19H27NO6. The van der Waals surface area contributed by atoms with Crippen molar-refractivity contribution < 1.29 is 28.6 Å². The number of ether oxygens (including phenoxy) is 3. The SMILES string of the molecule is C/C=C(/C)C(=O)O[C@@H]1C[C@H]2C[C@@H](OC(=O)/C=C(/C)C(=O)OC)C[C@@H]1N2C. The number of nitrogens with zero attached hydrogens (tertiary/aromatic N) is 1. The van der Waals surface area contributed by atoms with Crippen LogP contribution in [0, 0.1) is 0 Å². The zero-order valence-corrected chi connectivity index (χ0v) is 16.0. The number of fused-ring (bicyclic) bond motifs is 2. The van der Waals surface area contributed by atoms with E-state index in [4.69, 9.17) is 9.47 Å². The zero-order chi connectivity index (χ0) is 19.4. The van der Waals surface area contributed by atoms with Gasteiger partial charge < -0.3 is 14.2 Å². The summed E-state index contributed by atoms with van der Waals surface area (Å²) in [7, 11) is 3.27. The van der Waals surface area contributed by atoms with E-state index in [0.717, 1.165) is 12.5 Å². The molecule has 2 heterocycles. The standard InChI is InChI=1S/C19H27NO6/c1-6-11(2)19(23)26-16-9-13-8-14(10-15(16)20(13)4)25-17(21)7-12(3)18(22)24-5/h6-7,13-16H,8-10H2,1-5H3/b11-6-,12-7-/t13-,14-,15+,16-/m1/s1. The molecule has 2 saturated heterocycles. The second-order valence-corrected chi connectivity index (χ2v) is 6.89. The molecule has 0 radical (unpaired) electrons. The number of methoxy groups -OCH3 is 1. The first-order valence-corrected chi connectivity index (χ1v) is 8.79. The molecule has 0 aromatic carbocycles. The highest BCUT2D eigenvalue weighted by Gasteiger charge is 2.47. The maximum atomic E-state index is 12.1. The third-order valence-electron chi connectivity index (χ3n) is 5.21. The van der Waals surface area contributed by atoms with Gasteiger partial charge >= 0.3 is 17.9 Å². The van der Waals surface area contributed by atoms with E-state index >= 15 is 0 Å². The number of esters is 3. The Morgan fingerprint density at radius 2 is 1.69 bits per heavy atom. The summed E-state index contributed by atoms with van der Waals surface area (Å²) in [6.45, 7) is 5.03. The van der Waals surface area contributed by atoms with Crippen molar-refractivity contribution in [3.8, 4) is 0 Å². The van der Waals surface area contributed by atoms with Gasteiger partial charge in [0.1, 0.15) is 12.2 Å². The molecule has 4 atom stereocenters. The van der Waals surface area contributed by atoms with E-state index in [1.54, 1.807) is 19.9 Å². The summed E-state index contributed by atoms with van der Waals surface area (Å²) < 4.78 is 15.7. The smallest absolute Gasteiger partial charge is 0.333 e. The lowest BCUT2D eigenvalue weighted by molar-refractivity contribution is -0.150. The summed E-state index contributed by atoms with van der Waals surface area (Å²) in [5.74, 6) is -1.42. The molecule has 0 aromatic rings. The van der Waals surface area contributed by atoms with Crippen molar-refractivity contribution in [1.29, 1.82) is 0 Å². The molecule has 7 heteroatoms. The van der Waals surface area contributed by atoms with Gasteiger partial charge in [0.05, 0.1) is 13.2 Å². The fourth-order valence-electron chi connectivity index (χ4n) is 3.54. The van der Waals surface area contributed by atoms with Gasteiger partial charge in [0.2, 0.25) is 0 Å². The first kappa shape index (κ1) is 20.2. The molecule has 2 fully saturated rings. The van der Waals surface area contributed by atoms with E-state index in [0.29, 0.717) is 18.4 Å². The summed E-state index contributed by atoms with van der Waals surface area (Å²) in [4.78, 5) is 37.6. The van der Waals surface area contributed by atoms with Crippen LogP contribution in [0.4, 0.5) is 0 Å². The van der Waals surface area contributed by atoms with E-state index in [9.17, 15) is 14.4 Å². The molecule has 2 bridgehead atoms. The van der Waals surface area contributed by atoms with Crippen LogP contribution in [0.5, 0.6) is 0 Å². The van der Waals surface area contributed by atoms with Crippen molar-refractivity contribution >= 4 is 17.9 Å². The molecular weight excluding hydrogens is 338 g/mol. The van der Waals surface area contributed by atoms with Crippen LogP contribution >= 0.6 is 0 Å². The van der Waals surface area contributed by atoms with Gasteiger partial charge in [-0.25, -0.2) is 14.4 Å². The van der Waals surface area contributed by atoms with E-state index < -0.39 is 11.9 Å². The number of likely N-dealkylation sites (N-methyl/N-ethyl adjacent to an activating group) is 1. The predicted octanol–water partition coefficient (Wildman–Crippen LogP) is 1.76. The number of rotatable bonds is 5. The summed E-state index contributed by atoms with van der Waals surface area (Å²) >= 11 is 0. The molecule has 0 unspecified atom stereocenters. The number of allylic oxidation sites excluding steroid dienone is 1. The van der Waals surface area contributed by atoms with Gasteiger partial charge in [-0.05, 0) is 27.8 Å². The van der Waals surface area contributed by atoms with Crippen LogP contribution in [0.3, 0.4) is 0 Å². The Labute approximate surface area is 154 Å². The number of carbonyl (C=O) groups is 3. The lowest BCUT2D eigenvalue weighted by Crippen LogP contribution is -2.46. The van der Waals surface area contributed by atoms with Crippen LogP contribution in [-0.4, -0.2) is 61.3 Å². The molecule has 26 heavy (non-hydrogen) atoms. The second kappa shape index (κ2) is 8.49. The van der Waals surface area contributed by atoms with E-state index in [2.05, 4.69) is 9.64 Å². The largest absolute Gasteiger partial charge is 0.466 e. The Morgan fingerprint density at radius 3 is 2.31 bits per heavy atom. The minimum Gasteiger partial charge on any atom is -0.466 e. The van der Waals surface area contributed by atoms with Gasteiger partial charge in [-0.15, -0.1) is 0 Å². The summed E-state index contributed by atoms with van der Waals surface area (Å²) in [5.41, 5.74) is 0.780. The highest BCUT2D eigenvalue weighted by atomic mass is 16.6. The average molecular weight is 365 g/mol. The molecule has 7 nitrogen and oxygen atoms in total. The Hall–Kier alpha value is -2.15. The maximum Gasteiger partial charge on any atom is 0.333 e. The molecule has 2 rings (SSSR count). The predicted molar refractivity (Wildman–Crippen MR) is 94.2 cm³/mol. The van der Waals surface area contributed by atoms with Crippen molar-refractivity contribution in [3.63, 3.8) is 0 Å². The van der Waals surface area contributed by atoms with Crippen LogP contribution in [-0.2, 0) is 28.6 Å². The number of hydrogen-bond acceptors (Lipinski definition) is 7. The first-order valence-electron chi connectivity index (χ1n) is 8.79. The van der Waals surface area contributed by atoms with Gasteiger partial charge in [0, 0.05) is 42.5 Å². The van der Waals surface area contributed by atoms with Gasteiger partial charge in [-0.2, -0.15) is 0 Å². The number of piperidine rings is 1. The highest BCUT2D eigenvalue weighted by molar-refractivity contribution is 5.95. The molecule has 0 N–H and O–H groups in total. The highest BCUT2D eigenvalue weighted by Crippen LogP contribution is 2.37. The zero-order valence-electron chi connectivity index (χ0n) is 16.0. The Bertz CT molecular complexity index is 638. The Kier molecular flexibility index (Phi) is 6.58. The van der Waals surface area contributed by atoms with E-state index in [1.807, 2.05) is 7.05 Å². The van der Waals surface area contributed by atoms with Crippen LogP contribution in [0.1, 0.15) is 40.0 Å². The van der Waals surface area contributed by atoms with Crippen molar-refractivity contribution in [2.75, 3.05) is 14.2 Å². The molecule has 0 aliphatic carbocycles. The summed E-state index contributed by atoms with van der Waals surface area (Å²) in [6, 6.07) is 0.215. The minimum atomic E-state index is -0.559. The maximum absolute atomic E-state index is 12.1. The molecule has 2 aliphatic rings. The average Bonchev–Trinajstić information content (AvgIpc) is 2.78. The van der Waals surface area contributed by atoms with E-state index in [1.165, 1.54) is 14.0 Å². The van der Waals surface area contributed by atoms with Crippen molar-refractivity contribution in [3.05, 3.63) is 23.3 Å². The van der Waals surface area contributed by atoms with Crippen molar-refractivity contribution in [1.82, 2.24) is 4.90 Å². The van der Waals surface area contributed by atoms with Crippen LogP contribution in [0.2, 0.25) is 0 Å². The molecule has 2 aliphatic heterocycles. The van der Waals surface area contributed by atoms with Crippen molar-refractivity contribution in [2.24, 2.45) is 0 Å². The second-order valence-electron chi connectivity index (χ2n) is 6.89. The van der Waals surface area contributed by atoms with Crippen molar-refractivity contribution in [2.45, 2.75) is 64.3 Å². The van der Waals surface area contributed by atoms with Gasteiger partial charge in [0.15, 0.2) is 0 Å². The molecule has 0 amide bonds. The third kappa shape index (κ3) is 4.52. The fourth-order valence-corrected chi connectivity index (χ4v) is 3.54. The van der Waals surface area contributed by atoms with Crippen LogP contribution in [0.25, 0.3) is 0 Å². The Morgan fingerprint density at radius 1 is 1.00 bits per heavy atom. The third-order valence-corrected chi connectivity index (χ3v) is 5.21. The minimum absolute atomic E-state index is 0.0193. The number of carbonyl (C=O) groups excluding carboxylic acids is 3. The quantitative estimate of drug-likeness (QED) is 0.417. The first-order chi connectivity index (χ1) is 12.3. The van der Waals surface area contributed by atoms with Crippen LogP contribution in [0.15, 0.2) is 23.3 Å².